The Morgan fingerprint density at radius 3 is 2.21 bits per heavy atom. The summed E-state index contributed by atoms with van der Waals surface area (Å²) >= 11 is 0. The van der Waals surface area contributed by atoms with Crippen molar-refractivity contribution in [1.82, 2.24) is 9.97 Å². The molecule has 1 aromatic heterocycles. The van der Waals surface area contributed by atoms with Crippen LogP contribution in [0.3, 0.4) is 0 Å². The molecule has 0 unspecified atom stereocenters. The van der Waals surface area contributed by atoms with Crippen molar-refractivity contribution in [2.24, 2.45) is 0 Å². The van der Waals surface area contributed by atoms with Gasteiger partial charge in [0.2, 0.25) is 0 Å². The topological polar surface area (TPSA) is 155 Å². The number of anilines is 1. The molecule has 0 aliphatic rings. The number of hydrogen-bond donors (Lipinski definition) is 3. The monoisotopic (exact) mass is 479 g/mol. The molecule has 172 valence electrons. The molecule has 0 saturated carbocycles. The maximum absolute atomic E-state index is 12.8. The zero-order valence-corrected chi connectivity index (χ0v) is 18.2. The molecule has 0 radical (unpaired) electrons. The van der Waals surface area contributed by atoms with Crippen LogP contribution in [0.5, 0.6) is 0 Å². The Kier molecular flexibility index (Phi) is 6.11. The van der Waals surface area contributed by atoms with Gasteiger partial charge in [0, 0.05) is 11.3 Å². The van der Waals surface area contributed by atoms with E-state index >= 15 is 0 Å². The summed E-state index contributed by atoms with van der Waals surface area (Å²) in [4.78, 5) is 51.9. The lowest BCUT2D eigenvalue weighted by molar-refractivity contribution is 0.0475. The number of sulfonamides is 1. The van der Waals surface area contributed by atoms with E-state index in [9.17, 15) is 27.6 Å². The molecule has 1 heterocycles. The van der Waals surface area contributed by atoms with E-state index in [1.807, 2.05) is 0 Å². The Hall–Kier alpha value is -4.51. The lowest BCUT2D eigenvalue weighted by atomic mass is 10.1. The first kappa shape index (κ1) is 22.7. The van der Waals surface area contributed by atoms with Gasteiger partial charge in [0.05, 0.1) is 21.5 Å². The summed E-state index contributed by atoms with van der Waals surface area (Å²) < 4.78 is 33.0. The molecule has 0 aliphatic heterocycles. The van der Waals surface area contributed by atoms with Gasteiger partial charge in [-0.1, -0.05) is 36.4 Å². The van der Waals surface area contributed by atoms with Crippen molar-refractivity contribution in [2.75, 3.05) is 11.3 Å². The fourth-order valence-electron chi connectivity index (χ4n) is 3.11. The number of fused-ring (bicyclic) bond motifs is 1. The van der Waals surface area contributed by atoms with Crippen LogP contribution >= 0.6 is 0 Å². The Labute approximate surface area is 192 Å². The third-order valence-electron chi connectivity index (χ3n) is 4.78. The molecule has 4 aromatic rings. The van der Waals surface area contributed by atoms with E-state index in [4.69, 9.17) is 4.74 Å². The zero-order valence-electron chi connectivity index (χ0n) is 17.4. The normalized spacial score (nSPS) is 11.2. The molecule has 10 nitrogen and oxygen atoms in total. The lowest BCUT2D eigenvalue weighted by Gasteiger charge is -2.10. The van der Waals surface area contributed by atoms with Crippen molar-refractivity contribution in [1.29, 1.82) is 0 Å². The highest BCUT2D eigenvalue weighted by atomic mass is 32.2. The Morgan fingerprint density at radius 2 is 1.47 bits per heavy atom. The predicted octanol–water partition coefficient (Wildman–Crippen LogP) is 2.06. The highest BCUT2D eigenvalue weighted by Crippen LogP contribution is 2.20. The Bertz CT molecular complexity index is 1620. The molecule has 4 rings (SSSR count). The summed E-state index contributed by atoms with van der Waals surface area (Å²) in [5, 5.41) is 0. The minimum absolute atomic E-state index is 0.0430. The number of esters is 1. The molecule has 0 aliphatic carbocycles. The third kappa shape index (κ3) is 4.94. The van der Waals surface area contributed by atoms with Crippen molar-refractivity contribution in [3.63, 3.8) is 0 Å². The first-order valence-corrected chi connectivity index (χ1v) is 11.4. The van der Waals surface area contributed by atoms with Crippen molar-refractivity contribution in [2.45, 2.75) is 4.90 Å². The van der Waals surface area contributed by atoms with Crippen LogP contribution in [0, 0.1) is 0 Å². The average molecular weight is 479 g/mol. The minimum atomic E-state index is -4.10. The van der Waals surface area contributed by atoms with Crippen molar-refractivity contribution < 1.29 is 22.7 Å². The molecule has 0 fully saturated rings. The summed E-state index contributed by atoms with van der Waals surface area (Å²) in [5.41, 5.74) is -0.841. The number of rotatable bonds is 7. The quantitative estimate of drug-likeness (QED) is 0.208. The number of aromatic amines is 2. The SMILES string of the molecule is O=C(COC(=O)c1cccc(NS(=O)(=O)c2ccc3[nH]c(=O)c(=O)[nH]c3c2)c1)c1ccccc1. The molecule has 3 N–H and O–H groups in total. The standard InChI is InChI=1S/C23H17N3O7S/c27-20(14-5-2-1-3-6-14)13-33-23(30)15-7-4-8-16(11-15)26-34(31,32)17-9-10-18-19(12-17)25-22(29)21(28)24-18/h1-12,26H,13H2,(H,24,28)(H,25,29). The van der Waals surface area contributed by atoms with Gasteiger partial charge in [-0.25, -0.2) is 13.2 Å². The number of carbonyl (C=O) groups is 2. The summed E-state index contributed by atoms with van der Waals surface area (Å²) in [6, 6.07) is 17.7. The van der Waals surface area contributed by atoms with Crippen molar-refractivity contribution >= 4 is 38.5 Å². The summed E-state index contributed by atoms with van der Waals surface area (Å²) in [5.74, 6) is -1.17. The number of ketones is 1. The largest absolute Gasteiger partial charge is 0.454 e. The van der Waals surface area contributed by atoms with Gasteiger partial charge in [-0.3, -0.25) is 19.1 Å². The number of benzene rings is 3. The first-order chi connectivity index (χ1) is 16.2. The predicted molar refractivity (Wildman–Crippen MR) is 123 cm³/mol. The maximum atomic E-state index is 12.8. The van der Waals surface area contributed by atoms with Gasteiger partial charge in [-0.15, -0.1) is 0 Å². The van der Waals surface area contributed by atoms with E-state index in [1.54, 1.807) is 30.3 Å². The van der Waals surface area contributed by atoms with Gasteiger partial charge in [0.25, 0.3) is 10.0 Å². The number of hydrogen-bond acceptors (Lipinski definition) is 7. The van der Waals surface area contributed by atoms with Crippen LogP contribution in [0.2, 0.25) is 0 Å². The molecule has 0 amide bonds. The summed E-state index contributed by atoms with van der Waals surface area (Å²) in [6.45, 7) is -0.462. The van der Waals surface area contributed by atoms with Gasteiger partial charge in [0.1, 0.15) is 0 Å². The van der Waals surface area contributed by atoms with Crippen molar-refractivity contribution in [3.05, 3.63) is 105 Å². The number of carbonyl (C=O) groups excluding carboxylic acids is 2. The smallest absolute Gasteiger partial charge is 0.338 e. The van der Waals surface area contributed by atoms with Crippen molar-refractivity contribution in [3.8, 4) is 0 Å². The molecule has 0 bridgehead atoms. The molecule has 11 heteroatoms. The Morgan fingerprint density at radius 1 is 0.794 bits per heavy atom. The molecule has 34 heavy (non-hydrogen) atoms. The van der Waals surface area contributed by atoms with E-state index in [2.05, 4.69) is 14.7 Å². The average Bonchev–Trinajstić information content (AvgIpc) is 2.83. The van der Waals surface area contributed by atoms with Gasteiger partial charge < -0.3 is 14.7 Å². The number of ether oxygens (including phenoxy) is 1. The number of nitrogens with one attached hydrogen (secondary N) is 3. The van der Waals surface area contributed by atoms with E-state index in [0.717, 1.165) is 0 Å². The first-order valence-electron chi connectivity index (χ1n) is 9.87. The summed E-state index contributed by atoms with van der Waals surface area (Å²) in [6.07, 6.45) is 0. The van der Waals surface area contributed by atoms with E-state index < -0.39 is 33.7 Å². The Balaban J connectivity index is 1.50. The molecule has 0 saturated heterocycles. The van der Waals surface area contributed by atoms with Crippen LogP contribution in [0.15, 0.2) is 87.3 Å². The fraction of sp³-hybridized carbons (Fsp3) is 0.0435. The maximum Gasteiger partial charge on any atom is 0.338 e. The van der Waals surface area contributed by atoms with Gasteiger partial charge in [-0.2, -0.15) is 0 Å². The van der Waals surface area contributed by atoms with Crippen LogP contribution in [0.1, 0.15) is 20.7 Å². The highest BCUT2D eigenvalue weighted by molar-refractivity contribution is 7.92. The molecule has 0 atom stereocenters. The van der Waals surface area contributed by atoms with Crippen LogP contribution in [-0.2, 0) is 14.8 Å². The number of Topliss-reactive ketones (excluding diaryl/α,β-unsaturated/α-hetero) is 1. The third-order valence-corrected chi connectivity index (χ3v) is 6.16. The lowest BCUT2D eigenvalue weighted by Crippen LogP contribution is -2.29. The molecule has 0 spiro atoms. The fourth-order valence-corrected chi connectivity index (χ4v) is 4.18. The van der Waals surface area contributed by atoms with E-state index in [1.165, 1.54) is 42.5 Å². The second-order valence-corrected chi connectivity index (χ2v) is 8.85. The minimum Gasteiger partial charge on any atom is -0.454 e. The highest BCUT2D eigenvalue weighted by Gasteiger charge is 2.17. The summed E-state index contributed by atoms with van der Waals surface area (Å²) in [7, 11) is -4.10. The van der Waals surface area contributed by atoms with Gasteiger partial charge in [0.15, 0.2) is 12.4 Å². The second kappa shape index (κ2) is 9.16. The van der Waals surface area contributed by atoms with Gasteiger partial charge in [-0.05, 0) is 36.4 Å². The number of H-pyrrole nitrogens is 2. The van der Waals surface area contributed by atoms with Crippen LogP contribution in [0.4, 0.5) is 5.69 Å². The van der Waals surface area contributed by atoms with E-state index in [-0.39, 0.29) is 33.0 Å². The van der Waals surface area contributed by atoms with Crippen LogP contribution in [-0.4, -0.2) is 36.7 Å². The van der Waals surface area contributed by atoms with Crippen LogP contribution in [0.25, 0.3) is 11.0 Å². The van der Waals surface area contributed by atoms with E-state index in [0.29, 0.717) is 5.56 Å². The molecule has 3 aromatic carbocycles. The van der Waals surface area contributed by atoms with Crippen LogP contribution < -0.4 is 15.8 Å². The van der Waals surface area contributed by atoms with Gasteiger partial charge >= 0.3 is 17.1 Å². The zero-order chi connectivity index (χ0) is 24.3. The number of aromatic nitrogens is 2. The molecular formula is C23H17N3O7S. The molecular weight excluding hydrogens is 462 g/mol. The second-order valence-electron chi connectivity index (χ2n) is 7.17.